The average Bonchev–Trinajstić information content (AvgIpc) is 3.19. The molecule has 3 rings (SSSR count). The molecule has 1 aliphatic rings. The lowest BCUT2D eigenvalue weighted by Gasteiger charge is -2.34. The van der Waals surface area contributed by atoms with Crippen molar-refractivity contribution in [1.82, 2.24) is 25.3 Å². The van der Waals surface area contributed by atoms with E-state index in [1.165, 1.54) is 12.1 Å². The van der Waals surface area contributed by atoms with E-state index >= 15 is 0 Å². The van der Waals surface area contributed by atoms with Gasteiger partial charge in [-0.3, -0.25) is 14.5 Å². The Bertz CT molecular complexity index is 976. The third kappa shape index (κ3) is 7.28. The zero-order valence-corrected chi connectivity index (χ0v) is 18.9. The maximum atomic E-state index is 12.9. The SMILES string of the molecule is CC(C)(C)CC(=O)NCC(=O)N1CCN(Cc2nc(-c3cccc(C(F)(F)F)c3)no2)CC1. The first-order valence-corrected chi connectivity index (χ1v) is 10.7. The van der Waals surface area contributed by atoms with Gasteiger partial charge in [-0.15, -0.1) is 0 Å². The van der Waals surface area contributed by atoms with Crippen molar-refractivity contribution in [3.8, 4) is 11.4 Å². The predicted molar refractivity (Wildman–Crippen MR) is 114 cm³/mol. The van der Waals surface area contributed by atoms with Gasteiger partial charge in [-0.25, -0.2) is 0 Å². The number of aromatic nitrogens is 2. The minimum Gasteiger partial charge on any atom is -0.347 e. The molecule has 33 heavy (non-hydrogen) atoms. The molecule has 0 atom stereocenters. The molecular formula is C22H28F3N5O3. The number of piperazine rings is 1. The van der Waals surface area contributed by atoms with Crippen LogP contribution >= 0.6 is 0 Å². The van der Waals surface area contributed by atoms with E-state index in [9.17, 15) is 22.8 Å². The minimum absolute atomic E-state index is 0.0288. The Labute approximate surface area is 190 Å². The molecule has 0 bridgehead atoms. The molecule has 1 aromatic heterocycles. The molecule has 2 aromatic rings. The van der Waals surface area contributed by atoms with Crippen LogP contribution in [0.4, 0.5) is 13.2 Å². The van der Waals surface area contributed by atoms with Crippen LogP contribution in [0.25, 0.3) is 11.4 Å². The van der Waals surface area contributed by atoms with Crippen molar-refractivity contribution in [2.75, 3.05) is 32.7 Å². The summed E-state index contributed by atoms with van der Waals surface area (Å²) in [6.45, 7) is 8.30. The molecule has 0 radical (unpaired) electrons. The molecule has 180 valence electrons. The summed E-state index contributed by atoms with van der Waals surface area (Å²) in [6.07, 6.45) is -4.10. The third-order valence-electron chi connectivity index (χ3n) is 5.13. The fourth-order valence-electron chi connectivity index (χ4n) is 3.45. The summed E-state index contributed by atoms with van der Waals surface area (Å²) in [5, 5.41) is 6.47. The highest BCUT2D eigenvalue weighted by molar-refractivity contribution is 5.85. The molecular weight excluding hydrogens is 439 g/mol. The number of halogens is 3. The second-order valence-corrected chi connectivity index (χ2v) is 9.26. The summed E-state index contributed by atoms with van der Waals surface area (Å²) in [5.74, 6) is 0.0940. The topological polar surface area (TPSA) is 91.6 Å². The molecule has 11 heteroatoms. The molecule has 8 nitrogen and oxygen atoms in total. The highest BCUT2D eigenvalue weighted by atomic mass is 19.4. The van der Waals surface area contributed by atoms with Gasteiger partial charge in [0.25, 0.3) is 0 Å². The number of hydrogen-bond donors (Lipinski definition) is 1. The van der Waals surface area contributed by atoms with Gasteiger partial charge in [-0.1, -0.05) is 38.1 Å². The van der Waals surface area contributed by atoms with Gasteiger partial charge in [-0.05, 0) is 17.5 Å². The van der Waals surface area contributed by atoms with Crippen LogP contribution in [0.5, 0.6) is 0 Å². The van der Waals surface area contributed by atoms with E-state index in [1.807, 2.05) is 25.7 Å². The summed E-state index contributed by atoms with van der Waals surface area (Å²) in [5.41, 5.74) is -0.695. The van der Waals surface area contributed by atoms with Crippen LogP contribution in [0.2, 0.25) is 0 Å². The van der Waals surface area contributed by atoms with Crippen LogP contribution in [0, 0.1) is 5.41 Å². The van der Waals surface area contributed by atoms with Crippen molar-refractivity contribution < 1.29 is 27.3 Å². The predicted octanol–water partition coefficient (Wildman–Crippen LogP) is 2.95. The second kappa shape index (κ2) is 9.90. The zero-order valence-electron chi connectivity index (χ0n) is 18.9. The van der Waals surface area contributed by atoms with Gasteiger partial charge in [0.1, 0.15) is 0 Å². The van der Waals surface area contributed by atoms with Crippen molar-refractivity contribution in [1.29, 1.82) is 0 Å². The first kappa shape index (κ1) is 24.7. The lowest BCUT2D eigenvalue weighted by atomic mass is 9.92. The first-order chi connectivity index (χ1) is 15.4. The van der Waals surface area contributed by atoms with Gasteiger partial charge >= 0.3 is 6.18 Å². The van der Waals surface area contributed by atoms with E-state index in [0.29, 0.717) is 39.1 Å². The summed E-state index contributed by atoms with van der Waals surface area (Å²) in [4.78, 5) is 32.2. The monoisotopic (exact) mass is 467 g/mol. The Morgan fingerprint density at radius 2 is 1.82 bits per heavy atom. The fraction of sp³-hybridized carbons (Fsp3) is 0.545. The Kier molecular flexibility index (Phi) is 7.41. The van der Waals surface area contributed by atoms with E-state index in [-0.39, 0.29) is 41.1 Å². The number of nitrogens with zero attached hydrogens (tertiary/aromatic N) is 4. The summed E-state index contributed by atoms with van der Waals surface area (Å²) >= 11 is 0. The minimum atomic E-state index is -4.45. The largest absolute Gasteiger partial charge is 0.416 e. The highest BCUT2D eigenvalue weighted by Crippen LogP contribution is 2.31. The second-order valence-electron chi connectivity index (χ2n) is 9.26. The summed E-state index contributed by atoms with van der Waals surface area (Å²) < 4.78 is 44.0. The Balaban J connectivity index is 1.48. The van der Waals surface area contributed by atoms with Crippen molar-refractivity contribution in [2.24, 2.45) is 5.41 Å². The molecule has 0 aliphatic carbocycles. The number of benzene rings is 1. The quantitative estimate of drug-likeness (QED) is 0.703. The van der Waals surface area contributed by atoms with Gasteiger partial charge in [0, 0.05) is 38.2 Å². The third-order valence-corrected chi connectivity index (χ3v) is 5.13. The molecule has 0 unspecified atom stereocenters. The van der Waals surface area contributed by atoms with Crippen molar-refractivity contribution in [3.05, 3.63) is 35.7 Å². The molecule has 1 N–H and O–H groups in total. The van der Waals surface area contributed by atoms with Crippen molar-refractivity contribution in [2.45, 2.75) is 39.9 Å². The lowest BCUT2D eigenvalue weighted by molar-refractivity contribution is -0.137. The Hall–Kier alpha value is -2.95. The van der Waals surface area contributed by atoms with Crippen LogP contribution in [-0.2, 0) is 22.3 Å². The molecule has 0 spiro atoms. The van der Waals surface area contributed by atoms with Gasteiger partial charge in [0.2, 0.25) is 23.5 Å². The van der Waals surface area contributed by atoms with Gasteiger partial charge in [0.15, 0.2) is 0 Å². The smallest absolute Gasteiger partial charge is 0.347 e. The normalized spacial score (nSPS) is 15.5. The van der Waals surface area contributed by atoms with Gasteiger partial charge in [-0.2, -0.15) is 18.2 Å². The standard InChI is InChI=1S/C22H28F3N5O3/c1-21(2,3)12-17(31)26-13-19(32)30-9-7-29(8-10-30)14-18-27-20(28-33-18)15-5-4-6-16(11-15)22(23,24)25/h4-6,11H,7-10,12-14H2,1-3H3,(H,26,31). The van der Waals surface area contributed by atoms with Crippen molar-refractivity contribution in [3.63, 3.8) is 0 Å². The zero-order chi connectivity index (χ0) is 24.2. The van der Waals surface area contributed by atoms with Gasteiger partial charge in [0.05, 0.1) is 18.7 Å². The van der Waals surface area contributed by atoms with Crippen LogP contribution in [0.15, 0.2) is 28.8 Å². The van der Waals surface area contributed by atoms with Crippen LogP contribution < -0.4 is 5.32 Å². The van der Waals surface area contributed by atoms with E-state index in [1.54, 1.807) is 4.90 Å². The van der Waals surface area contributed by atoms with Gasteiger partial charge < -0.3 is 14.7 Å². The summed E-state index contributed by atoms with van der Waals surface area (Å²) in [6, 6.07) is 4.77. The Morgan fingerprint density at radius 3 is 2.45 bits per heavy atom. The number of nitrogens with one attached hydrogen (secondary N) is 1. The van der Waals surface area contributed by atoms with Crippen molar-refractivity contribution >= 4 is 11.8 Å². The van der Waals surface area contributed by atoms with E-state index < -0.39 is 11.7 Å². The fourth-order valence-corrected chi connectivity index (χ4v) is 3.45. The number of carbonyl (C=O) groups excluding carboxylic acids is 2. The summed E-state index contributed by atoms with van der Waals surface area (Å²) in [7, 11) is 0. The number of hydrogen-bond acceptors (Lipinski definition) is 6. The number of carbonyl (C=O) groups is 2. The number of alkyl halides is 3. The van der Waals surface area contributed by atoms with Crippen LogP contribution in [-0.4, -0.2) is 64.5 Å². The lowest BCUT2D eigenvalue weighted by Crippen LogP contribution is -2.51. The van der Waals surface area contributed by atoms with E-state index in [0.717, 1.165) is 12.1 Å². The van der Waals surface area contributed by atoms with Crippen LogP contribution in [0.3, 0.4) is 0 Å². The number of amides is 2. The Morgan fingerprint density at radius 1 is 1.12 bits per heavy atom. The van der Waals surface area contributed by atoms with E-state index in [2.05, 4.69) is 15.5 Å². The first-order valence-electron chi connectivity index (χ1n) is 10.7. The molecule has 2 heterocycles. The molecule has 2 amide bonds. The molecule has 1 aromatic carbocycles. The van der Waals surface area contributed by atoms with Crippen LogP contribution in [0.1, 0.15) is 38.6 Å². The number of rotatable bonds is 6. The molecule has 0 saturated carbocycles. The van der Waals surface area contributed by atoms with E-state index in [4.69, 9.17) is 4.52 Å². The molecule has 1 fully saturated rings. The highest BCUT2D eigenvalue weighted by Gasteiger charge is 2.31. The molecule has 1 aliphatic heterocycles. The maximum Gasteiger partial charge on any atom is 0.416 e. The maximum absolute atomic E-state index is 12.9. The average molecular weight is 467 g/mol. The molecule has 1 saturated heterocycles.